The topological polar surface area (TPSA) is 45.4 Å². The van der Waals surface area contributed by atoms with Gasteiger partial charge in [-0.05, 0) is 12.1 Å². The van der Waals surface area contributed by atoms with E-state index >= 15 is 0 Å². The Morgan fingerprint density at radius 1 is 1.08 bits per heavy atom. The van der Waals surface area contributed by atoms with Gasteiger partial charge in [-0.15, -0.1) is 10.2 Å². The molecule has 3 heterocycles. The van der Waals surface area contributed by atoms with Crippen molar-refractivity contribution in [1.82, 2.24) is 15.1 Å². The van der Waals surface area contributed by atoms with Crippen LogP contribution in [0.4, 0.5) is 18.3 Å². The lowest BCUT2D eigenvalue weighted by Gasteiger charge is -2.33. The van der Waals surface area contributed by atoms with Crippen molar-refractivity contribution in [1.29, 1.82) is 0 Å². The summed E-state index contributed by atoms with van der Waals surface area (Å²) in [5.74, 6) is 0.893. The van der Waals surface area contributed by atoms with Crippen LogP contribution in [0.1, 0.15) is 10.8 Å². The van der Waals surface area contributed by atoms with Gasteiger partial charge in [0.2, 0.25) is 10.1 Å². The number of alkyl halides is 3. The Hall–Kier alpha value is -2.13. The number of piperazine rings is 1. The zero-order valence-electron chi connectivity index (χ0n) is 13.2. The molecule has 0 spiro atoms. The minimum atomic E-state index is -4.43. The summed E-state index contributed by atoms with van der Waals surface area (Å²) in [6, 6.07) is 9.88. The third-order valence-corrected chi connectivity index (χ3v) is 5.18. The number of hydrogen-bond acceptors (Lipinski definition) is 6. The third-order valence-electron chi connectivity index (χ3n) is 4.16. The van der Waals surface area contributed by atoms with Crippen LogP contribution in [0.5, 0.6) is 0 Å². The summed E-state index contributed by atoms with van der Waals surface area (Å²) in [5.41, 5.74) is 0.865. The number of anilines is 1. The molecular weight excluding hydrogens is 353 g/mol. The Balaban J connectivity index is 1.37. The average Bonchev–Trinajstić information content (AvgIpc) is 3.21. The summed E-state index contributed by atoms with van der Waals surface area (Å²) < 4.78 is 43.7. The van der Waals surface area contributed by atoms with Crippen LogP contribution in [0.15, 0.2) is 34.7 Å². The molecule has 5 nitrogen and oxygen atoms in total. The zero-order chi connectivity index (χ0) is 17.4. The summed E-state index contributed by atoms with van der Waals surface area (Å²) in [6.07, 6.45) is -4.43. The molecule has 1 saturated heterocycles. The minimum absolute atomic E-state index is 0.329. The molecule has 3 aromatic rings. The summed E-state index contributed by atoms with van der Waals surface area (Å²) in [5, 5.41) is 7.44. The fourth-order valence-corrected chi connectivity index (χ4v) is 3.65. The second kappa shape index (κ2) is 6.30. The van der Waals surface area contributed by atoms with Crippen LogP contribution < -0.4 is 4.90 Å². The van der Waals surface area contributed by atoms with Crippen LogP contribution in [0.3, 0.4) is 0 Å². The molecule has 132 valence electrons. The minimum Gasteiger partial charge on any atom is -0.460 e. The van der Waals surface area contributed by atoms with Gasteiger partial charge >= 0.3 is 6.18 Å². The van der Waals surface area contributed by atoms with E-state index in [2.05, 4.69) is 15.1 Å². The fourth-order valence-electron chi connectivity index (χ4n) is 2.89. The van der Waals surface area contributed by atoms with Gasteiger partial charge in [-0.1, -0.05) is 29.5 Å². The van der Waals surface area contributed by atoms with Gasteiger partial charge in [0.1, 0.15) is 11.3 Å². The number of hydrogen-bond donors (Lipinski definition) is 0. The number of furan rings is 1. The molecule has 0 N–H and O–H groups in total. The van der Waals surface area contributed by atoms with E-state index in [1.165, 1.54) is 0 Å². The van der Waals surface area contributed by atoms with E-state index in [0.29, 0.717) is 36.1 Å². The highest BCUT2D eigenvalue weighted by atomic mass is 32.1. The first-order valence-electron chi connectivity index (χ1n) is 7.84. The predicted molar refractivity (Wildman–Crippen MR) is 88.6 cm³/mol. The molecular formula is C16H15F3N4OS. The number of rotatable bonds is 3. The Morgan fingerprint density at radius 3 is 2.52 bits per heavy atom. The van der Waals surface area contributed by atoms with Gasteiger partial charge in [-0.3, -0.25) is 4.90 Å². The summed E-state index contributed by atoms with van der Waals surface area (Å²) in [6.45, 7) is 3.39. The van der Waals surface area contributed by atoms with Crippen molar-refractivity contribution in [3.05, 3.63) is 41.1 Å². The monoisotopic (exact) mass is 368 g/mol. The normalized spacial score (nSPS) is 16.7. The van der Waals surface area contributed by atoms with Gasteiger partial charge in [0, 0.05) is 31.6 Å². The molecule has 1 aromatic carbocycles. The Morgan fingerprint density at radius 2 is 1.84 bits per heavy atom. The van der Waals surface area contributed by atoms with Crippen molar-refractivity contribution >= 4 is 27.4 Å². The van der Waals surface area contributed by atoms with Gasteiger partial charge < -0.3 is 9.32 Å². The van der Waals surface area contributed by atoms with E-state index in [-0.39, 0.29) is 0 Å². The molecule has 0 amide bonds. The molecule has 0 bridgehead atoms. The maximum atomic E-state index is 12.6. The van der Waals surface area contributed by atoms with Gasteiger partial charge in [-0.2, -0.15) is 13.2 Å². The van der Waals surface area contributed by atoms with E-state index in [4.69, 9.17) is 4.42 Å². The molecule has 0 aliphatic carbocycles. The Kier molecular flexibility index (Phi) is 4.12. The van der Waals surface area contributed by atoms with Crippen molar-refractivity contribution in [2.24, 2.45) is 0 Å². The molecule has 1 aliphatic rings. The van der Waals surface area contributed by atoms with Gasteiger partial charge in [0.25, 0.3) is 0 Å². The standard InChI is InChI=1S/C16H15F3N4OS/c17-16(18,19)14-20-21-15(25-14)23-7-5-22(6-8-23)10-12-9-11-3-1-2-4-13(11)24-12/h1-4,9H,5-8,10H2. The van der Waals surface area contributed by atoms with E-state index in [9.17, 15) is 13.2 Å². The third kappa shape index (κ3) is 3.47. The molecule has 25 heavy (non-hydrogen) atoms. The van der Waals surface area contributed by atoms with E-state index in [0.717, 1.165) is 29.8 Å². The summed E-state index contributed by atoms with van der Waals surface area (Å²) in [4.78, 5) is 4.07. The first kappa shape index (κ1) is 16.3. The van der Waals surface area contributed by atoms with Crippen LogP contribution in [-0.2, 0) is 12.7 Å². The number of halogens is 3. The molecule has 4 rings (SSSR count). The van der Waals surface area contributed by atoms with Crippen LogP contribution >= 0.6 is 11.3 Å². The van der Waals surface area contributed by atoms with Crippen LogP contribution in [0, 0.1) is 0 Å². The molecule has 9 heteroatoms. The van der Waals surface area contributed by atoms with Crippen molar-refractivity contribution in [2.45, 2.75) is 12.7 Å². The quantitative estimate of drug-likeness (QED) is 0.707. The molecule has 0 radical (unpaired) electrons. The number of para-hydroxylation sites is 1. The maximum Gasteiger partial charge on any atom is 0.445 e. The Bertz CT molecular complexity index is 835. The molecule has 0 atom stereocenters. The highest BCUT2D eigenvalue weighted by Crippen LogP contribution is 2.34. The summed E-state index contributed by atoms with van der Waals surface area (Å²) in [7, 11) is 0. The SMILES string of the molecule is FC(F)(F)c1nnc(N2CCN(Cc3cc4ccccc4o3)CC2)s1. The highest BCUT2D eigenvalue weighted by Gasteiger charge is 2.36. The fraction of sp³-hybridized carbons (Fsp3) is 0.375. The average molecular weight is 368 g/mol. The lowest BCUT2D eigenvalue weighted by atomic mass is 10.2. The van der Waals surface area contributed by atoms with Crippen molar-refractivity contribution in [3.8, 4) is 0 Å². The first-order valence-corrected chi connectivity index (χ1v) is 8.66. The van der Waals surface area contributed by atoms with Gasteiger partial charge in [0.15, 0.2) is 0 Å². The maximum absolute atomic E-state index is 12.6. The van der Waals surface area contributed by atoms with Crippen LogP contribution in [-0.4, -0.2) is 41.3 Å². The molecule has 0 unspecified atom stereocenters. The number of nitrogens with zero attached hydrogens (tertiary/aromatic N) is 4. The number of benzene rings is 1. The zero-order valence-corrected chi connectivity index (χ0v) is 14.0. The molecule has 1 aliphatic heterocycles. The van der Waals surface area contributed by atoms with Crippen molar-refractivity contribution < 1.29 is 17.6 Å². The van der Waals surface area contributed by atoms with Gasteiger partial charge in [0.05, 0.1) is 6.54 Å². The van der Waals surface area contributed by atoms with Crippen LogP contribution in [0.25, 0.3) is 11.0 Å². The second-order valence-electron chi connectivity index (χ2n) is 5.90. The number of fused-ring (bicyclic) bond motifs is 1. The predicted octanol–water partition coefficient (Wildman–Crippen LogP) is 3.63. The molecule has 1 fully saturated rings. The smallest absolute Gasteiger partial charge is 0.445 e. The number of aromatic nitrogens is 2. The second-order valence-corrected chi connectivity index (χ2v) is 6.86. The molecule has 2 aromatic heterocycles. The lowest BCUT2D eigenvalue weighted by Crippen LogP contribution is -2.45. The van der Waals surface area contributed by atoms with E-state index in [1.54, 1.807) is 0 Å². The molecule has 0 saturated carbocycles. The van der Waals surface area contributed by atoms with E-state index < -0.39 is 11.2 Å². The van der Waals surface area contributed by atoms with Crippen molar-refractivity contribution in [2.75, 3.05) is 31.1 Å². The van der Waals surface area contributed by atoms with Crippen molar-refractivity contribution in [3.63, 3.8) is 0 Å². The van der Waals surface area contributed by atoms with Crippen LogP contribution in [0.2, 0.25) is 0 Å². The summed E-state index contributed by atoms with van der Waals surface area (Å²) >= 11 is 0.596. The first-order chi connectivity index (χ1) is 12.0. The van der Waals surface area contributed by atoms with Gasteiger partial charge in [-0.25, -0.2) is 0 Å². The lowest BCUT2D eigenvalue weighted by molar-refractivity contribution is -0.138. The van der Waals surface area contributed by atoms with E-state index in [1.807, 2.05) is 35.2 Å². The Labute approximate surface area is 145 Å². The highest BCUT2D eigenvalue weighted by molar-refractivity contribution is 7.15. The largest absolute Gasteiger partial charge is 0.460 e.